The number of phenolic OH excluding ortho intramolecular Hbond substituents is 1. The first-order valence-corrected chi connectivity index (χ1v) is 16.1. The third-order valence-corrected chi connectivity index (χ3v) is 7.28. The number of nitrogens with zero attached hydrogens (tertiary/aromatic N) is 1. The number of aliphatic imine (C=N–C) groups is 1. The molecule has 0 unspecified atom stereocenters. The number of hydrogen-bond donors (Lipinski definition) is 1. The second-order valence-electron chi connectivity index (χ2n) is 10.9. The van der Waals surface area contributed by atoms with E-state index in [4.69, 9.17) is 9.47 Å². The van der Waals surface area contributed by atoms with Crippen molar-refractivity contribution in [3.8, 4) is 17.2 Å². The molecule has 0 radical (unpaired) electrons. The number of unbranched alkanes of at least 4 members (excludes halogenated alkanes) is 16. The molecule has 222 valence electrons. The molecule has 40 heavy (non-hydrogen) atoms. The first kappa shape index (κ1) is 33.5. The zero-order chi connectivity index (χ0) is 28.5. The van der Waals surface area contributed by atoms with E-state index in [-0.39, 0.29) is 5.75 Å². The SMILES string of the molecule is C=CCCCCCCCCCOc1ccc(C=Nc2ccc(OCCCCCCCCCCCC)cc2)c(O)c1. The molecule has 4 heteroatoms. The molecule has 2 aromatic carbocycles. The average molecular weight is 550 g/mol. The third-order valence-electron chi connectivity index (χ3n) is 7.28. The Bertz CT molecular complexity index is 922. The molecule has 0 fully saturated rings. The van der Waals surface area contributed by atoms with Gasteiger partial charge >= 0.3 is 0 Å². The van der Waals surface area contributed by atoms with Crippen LogP contribution in [0.3, 0.4) is 0 Å². The molecule has 0 bridgehead atoms. The smallest absolute Gasteiger partial charge is 0.128 e. The summed E-state index contributed by atoms with van der Waals surface area (Å²) in [4.78, 5) is 4.51. The van der Waals surface area contributed by atoms with Gasteiger partial charge in [0, 0.05) is 17.8 Å². The Labute approximate surface area is 244 Å². The second-order valence-corrected chi connectivity index (χ2v) is 10.9. The monoisotopic (exact) mass is 549 g/mol. The Morgan fingerprint density at radius 3 is 1.70 bits per heavy atom. The first-order chi connectivity index (χ1) is 19.7. The van der Waals surface area contributed by atoms with E-state index in [1.165, 1.54) is 96.3 Å². The summed E-state index contributed by atoms with van der Waals surface area (Å²) in [6.45, 7) is 7.48. The van der Waals surface area contributed by atoms with E-state index < -0.39 is 0 Å². The zero-order valence-corrected chi connectivity index (χ0v) is 25.3. The topological polar surface area (TPSA) is 51.0 Å². The maximum atomic E-state index is 10.4. The Morgan fingerprint density at radius 1 is 0.650 bits per heavy atom. The molecular formula is C36H55NO3. The molecule has 0 aliphatic carbocycles. The molecule has 2 aromatic rings. The maximum Gasteiger partial charge on any atom is 0.128 e. The Hall–Kier alpha value is -2.75. The molecule has 0 aromatic heterocycles. The van der Waals surface area contributed by atoms with Gasteiger partial charge in [0.05, 0.1) is 18.9 Å². The van der Waals surface area contributed by atoms with Crippen LogP contribution in [0.2, 0.25) is 0 Å². The maximum absolute atomic E-state index is 10.4. The van der Waals surface area contributed by atoms with Crippen molar-refractivity contribution in [3.05, 3.63) is 60.7 Å². The van der Waals surface area contributed by atoms with Gasteiger partial charge in [-0.1, -0.05) is 103 Å². The van der Waals surface area contributed by atoms with Crippen molar-refractivity contribution in [3.63, 3.8) is 0 Å². The average Bonchev–Trinajstić information content (AvgIpc) is 2.97. The van der Waals surface area contributed by atoms with Crippen LogP contribution < -0.4 is 9.47 Å². The lowest BCUT2D eigenvalue weighted by Gasteiger charge is -2.08. The van der Waals surface area contributed by atoms with Crippen molar-refractivity contribution >= 4 is 11.9 Å². The predicted octanol–water partition coefficient (Wildman–Crippen LogP) is 11.1. The Balaban J connectivity index is 1.57. The lowest BCUT2D eigenvalue weighted by atomic mass is 10.1. The number of benzene rings is 2. The van der Waals surface area contributed by atoms with Crippen molar-refractivity contribution in [1.29, 1.82) is 0 Å². The zero-order valence-electron chi connectivity index (χ0n) is 25.3. The first-order valence-electron chi connectivity index (χ1n) is 16.1. The molecule has 0 heterocycles. The molecule has 0 aliphatic heterocycles. The summed E-state index contributed by atoms with van der Waals surface area (Å²) in [6.07, 6.45) is 26.7. The van der Waals surface area contributed by atoms with Crippen LogP contribution in [0.1, 0.15) is 128 Å². The summed E-state index contributed by atoms with van der Waals surface area (Å²) in [5.41, 5.74) is 1.50. The van der Waals surface area contributed by atoms with Gasteiger partial charge in [0.1, 0.15) is 17.2 Å². The van der Waals surface area contributed by atoms with Gasteiger partial charge in [-0.3, -0.25) is 4.99 Å². The number of aromatic hydroxyl groups is 1. The van der Waals surface area contributed by atoms with Gasteiger partial charge in [-0.05, 0) is 62.1 Å². The lowest BCUT2D eigenvalue weighted by Crippen LogP contribution is -1.97. The van der Waals surface area contributed by atoms with Gasteiger partial charge in [-0.25, -0.2) is 0 Å². The number of ether oxygens (including phenoxy) is 2. The standard InChI is InChI=1S/C36H55NO3/c1-3-5-7-9-11-13-15-17-18-20-28-39-34-26-23-33(24-27-34)37-31-32-22-25-35(30-36(32)38)40-29-21-19-16-14-12-10-8-6-4-2/h4,22-27,30-31,38H,2-3,5-21,28-29H2,1H3. The van der Waals surface area contributed by atoms with Crippen LogP contribution in [0.4, 0.5) is 5.69 Å². The Morgan fingerprint density at radius 2 is 1.15 bits per heavy atom. The fourth-order valence-corrected chi connectivity index (χ4v) is 4.74. The summed E-state index contributed by atoms with van der Waals surface area (Å²) < 4.78 is 11.7. The van der Waals surface area contributed by atoms with Gasteiger partial charge in [-0.15, -0.1) is 6.58 Å². The highest BCUT2D eigenvalue weighted by Crippen LogP contribution is 2.24. The third kappa shape index (κ3) is 16.4. The van der Waals surface area contributed by atoms with Gasteiger partial charge in [-0.2, -0.15) is 0 Å². The van der Waals surface area contributed by atoms with Crippen LogP contribution in [0.25, 0.3) is 0 Å². The number of hydrogen-bond acceptors (Lipinski definition) is 4. The summed E-state index contributed by atoms with van der Waals surface area (Å²) in [5, 5.41) is 10.4. The van der Waals surface area contributed by atoms with Crippen LogP contribution in [0.15, 0.2) is 60.1 Å². The van der Waals surface area contributed by atoms with Crippen LogP contribution >= 0.6 is 0 Å². The van der Waals surface area contributed by atoms with Gasteiger partial charge in [0.25, 0.3) is 0 Å². The largest absolute Gasteiger partial charge is 0.507 e. The van der Waals surface area contributed by atoms with Gasteiger partial charge in [0.15, 0.2) is 0 Å². The van der Waals surface area contributed by atoms with Crippen molar-refractivity contribution in [1.82, 2.24) is 0 Å². The van der Waals surface area contributed by atoms with Crippen molar-refractivity contribution in [2.45, 2.75) is 122 Å². The van der Waals surface area contributed by atoms with E-state index in [1.807, 2.05) is 42.5 Å². The molecule has 0 aliphatic rings. The molecule has 0 saturated carbocycles. The minimum absolute atomic E-state index is 0.178. The minimum Gasteiger partial charge on any atom is -0.507 e. The van der Waals surface area contributed by atoms with Crippen molar-refractivity contribution in [2.75, 3.05) is 13.2 Å². The lowest BCUT2D eigenvalue weighted by molar-refractivity contribution is 0.302. The van der Waals surface area contributed by atoms with Crippen molar-refractivity contribution in [2.24, 2.45) is 4.99 Å². The van der Waals surface area contributed by atoms with Crippen LogP contribution in [0.5, 0.6) is 17.2 Å². The number of rotatable bonds is 25. The highest BCUT2D eigenvalue weighted by Gasteiger charge is 2.03. The summed E-state index contributed by atoms with van der Waals surface area (Å²) in [5.74, 6) is 1.75. The fourth-order valence-electron chi connectivity index (χ4n) is 4.74. The molecule has 4 nitrogen and oxygen atoms in total. The molecule has 2 rings (SSSR count). The van der Waals surface area contributed by atoms with Crippen molar-refractivity contribution < 1.29 is 14.6 Å². The minimum atomic E-state index is 0.178. The Kier molecular flexibility index (Phi) is 19.2. The van der Waals surface area contributed by atoms with Crippen LogP contribution in [-0.4, -0.2) is 24.5 Å². The van der Waals surface area contributed by atoms with E-state index in [0.717, 1.165) is 37.3 Å². The predicted molar refractivity (Wildman–Crippen MR) is 172 cm³/mol. The number of phenols is 1. The van der Waals surface area contributed by atoms with E-state index in [9.17, 15) is 5.11 Å². The molecule has 1 N–H and O–H groups in total. The second kappa shape index (κ2) is 23.0. The van der Waals surface area contributed by atoms with Gasteiger partial charge in [0.2, 0.25) is 0 Å². The number of allylic oxidation sites excluding steroid dienone is 1. The summed E-state index contributed by atoms with van der Waals surface area (Å²) >= 11 is 0. The molecular weight excluding hydrogens is 494 g/mol. The molecule has 0 saturated heterocycles. The fraction of sp³-hybridized carbons (Fsp3) is 0.583. The van der Waals surface area contributed by atoms with E-state index in [0.29, 0.717) is 17.9 Å². The van der Waals surface area contributed by atoms with E-state index in [1.54, 1.807) is 12.3 Å². The normalized spacial score (nSPS) is 11.2. The molecule has 0 amide bonds. The summed E-state index contributed by atoms with van der Waals surface area (Å²) in [6, 6.07) is 13.2. The quantitative estimate of drug-likeness (QED) is 0.0761. The van der Waals surface area contributed by atoms with E-state index >= 15 is 0 Å². The van der Waals surface area contributed by atoms with Crippen LogP contribution in [-0.2, 0) is 0 Å². The summed E-state index contributed by atoms with van der Waals surface area (Å²) in [7, 11) is 0. The highest BCUT2D eigenvalue weighted by atomic mass is 16.5. The highest BCUT2D eigenvalue weighted by molar-refractivity contribution is 5.85. The van der Waals surface area contributed by atoms with E-state index in [2.05, 4.69) is 18.5 Å². The van der Waals surface area contributed by atoms with Gasteiger partial charge < -0.3 is 14.6 Å². The van der Waals surface area contributed by atoms with Crippen LogP contribution in [0, 0.1) is 0 Å². The molecule has 0 atom stereocenters. The molecule has 0 spiro atoms.